The van der Waals surface area contributed by atoms with E-state index in [1.807, 2.05) is 17.0 Å². The van der Waals surface area contributed by atoms with E-state index >= 15 is 0 Å². The summed E-state index contributed by atoms with van der Waals surface area (Å²) in [5, 5.41) is 14.0. The van der Waals surface area contributed by atoms with Crippen molar-refractivity contribution in [3.05, 3.63) is 65.2 Å². The molecule has 27 heavy (non-hydrogen) atoms. The highest BCUT2D eigenvalue weighted by Crippen LogP contribution is 2.34. The summed E-state index contributed by atoms with van der Waals surface area (Å²) in [5.74, 6) is 0.289. The van der Waals surface area contributed by atoms with Crippen LogP contribution in [0.2, 0.25) is 0 Å². The van der Waals surface area contributed by atoms with E-state index in [1.165, 1.54) is 11.1 Å². The van der Waals surface area contributed by atoms with Crippen LogP contribution in [-0.2, 0) is 13.0 Å². The molecule has 0 aliphatic carbocycles. The number of rotatable bonds is 4. The Bertz CT molecular complexity index is 963. The molecule has 3 aromatic rings. The van der Waals surface area contributed by atoms with Crippen LogP contribution in [0.1, 0.15) is 27.9 Å². The molecule has 0 amide bonds. The zero-order valence-electron chi connectivity index (χ0n) is 15.0. The summed E-state index contributed by atoms with van der Waals surface area (Å²) in [6, 6.07) is 15.3. The number of methoxy groups -OCH3 is 1. The Balaban J connectivity index is 1.73. The predicted molar refractivity (Wildman–Crippen MR) is 101 cm³/mol. The number of aromatic nitrogens is 1. The lowest BCUT2D eigenvalue weighted by Gasteiger charge is -2.20. The van der Waals surface area contributed by atoms with Crippen molar-refractivity contribution in [3.63, 3.8) is 0 Å². The summed E-state index contributed by atoms with van der Waals surface area (Å²) in [6.07, 6.45) is 1.90. The van der Waals surface area contributed by atoms with Gasteiger partial charge in [-0.1, -0.05) is 29.4 Å². The molecule has 0 saturated heterocycles. The summed E-state index contributed by atoms with van der Waals surface area (Å²) in [4.78, 5) is 14.0. The average molecular weight is 364 g/mol. The third-order valence-electron chi connectivity index (χ3n) is 4.89. The Labute approximate surface area is 157 Å². The molecule has 1 aliphatic heterocycles. The third-order valence-corrected chi connectivity index (χ3v) is 4.89. The first-order valence-corrected chi connectivity index (χ1v) is 8.86. The zero-order chi connectivity index (χ0) is 18.8. The minimum atomic E-state index is -1.05. The number of ether oxygens (including phenoxy) is 1. The van der Waals surface area contributed by atoms with Crippen molar-refractivity contribution in [3.8, 4) is 17.1 Å². The second kappa shape index (κ2) is 7.15. The lowest BCUT2D eigenvalue weighted by atomic mass is 10.0. The lowest BCUT2D eigenvalue weighted by molar-refractivity contribution is 0.0697. The zero-order valence-corrected chi connectivity index (χ0v) is 15.0. The molecule has 2 heterocycles. The standard InChI is InChI=1S/C21H20N2O4/c1-26-17-10-8-15(9-11-17)19-18(21(24)25)20(22-27-19)23-12-4-7-14-5-2-3-6-16(14)13-23/h2-3,5-6,8-11H,4,7,12-13H2,1H3,(H,24,25). The Morgan fingerprint density at radius 1 is 1.15 bits per heavy atom. The number of nitrogens with zero attached hydrogens (tertiary/aromatic N) is 2. The molecule has 0 unspecified atom stereocenters. The Morgan fingerprint density at radius 2 is 1.89 bits per heavy atom. The van der Waals surface area contributed by atoms with E-state index in [1.54, 1.807) is 31.4 Å². The maximum atomic E-state index is 12.0. The van der Waals surface area contributed by atoms with Crippen LogP contribution in [0, 0.1) is 0 Å². The van der Waals surface area contributed by atoms with Crippen molar-refractivity contribution in [2.75, 3.05) is 18.6 Å². The van der Waals surface area contributed by atoms with Crippen LogP contribution in [0.4, 0.5) is 5.82 Å². The van der Waals surface area contributed by atoms with E-state index in [0.717, 1.165) is 19.4 Å². The summed E-state index contributed by atoms with van der Waals surface area (Å²) in [6.45, 7) is 1.34. The molecule has 0 fully saturated rings. The maximum absolute atomic E-state index is 12.0. The van der Waals surface area contributed by atoms with Gasteiger partial charge in [0.1, 0.15) is 5.75 Å². The van der Waals surface area contributed by atoms with Crippen molar-refractivity contribution in [1.82, 2.24) is 5.16 Å². The SMILES string of the molecule is COc1ccc(-c2onc(N3CCCc4ccccc4C3)c2C(=O)O)cc1. The fraction of sp³-hybridized carbons (Fsp3) is 0.238. The van der Waals surface area contributed by atoms with Gasteiger partial charge in [-0.15, -0.1) is 0 Å². The van der Waals surface area contributed by atoms with Crippen LogP contribution < -0.4 is 9.64 Å². The van der Waals surface area contributed by atoms with Crippen molar-refractivity contribution in [2.24, 2.45) is 0 Å². The van der Waals surface area contributed by atoms with Gasteiger partial charge in [0.15, 0.2) is 17.1 Å². The molecule has 0 radical (unpaired) electrons. The Hall–Kier alpha value is -3.28. The van der Waals surface area contributed by atoms with Crippen LogP contribution in [0.5, 0.6) is 5.75 Å². The highest BCUT2D eigenvalue weighted by molar-refractivity contribution is 5.99. The summed E-state index contributed by atoms with van der Waals surface area (Å²) in [5.41, 5.74) is 3.25. The smallest absolute Gasteiger partial charge is 0.343 e. The fourth-order valence-electron chi connectivity index (χ4n) is 3.51. The van der Waals surface area contributed by atoms with Gasteiger partial charge in [0.05, 0.1) is 7.11 Å². The summed E-state index contributed by atoms with van der Waals surface area (Å²) in [7, 11) is 1.58. The van der Waals surface area contributed by atoms with Gasteiger partial charge in [-0.25, -0.2) is 4.79 Å². The van der Waals surface area contributed by atoms with Crippen LogP contribution >= 0.6 is 0 Å². The molecular weight excluding hydrogens is 344 g/mol. The molecule has 1 N–H and O–H groups in total. The first-order valence-electron chi connectivity index (χ1n) is 8.86. The first-order chi connectivity index (χ1) is 13.2. The summed E-state index contributed by atoms with van der Waals surface area (Å²) >= 11 is 0. The molecule has 1 aliphatic rings. The second-order valence-corrected chi connectivity index (χ2v) is 6.54. The van der Waals surface area contributed by atoms with E-state index in [9.17, 15) is 9.90 Å². The monoisotopic (exact) mass is 364 g/mol. The second-order valence-electron chi connectivity index (χ2n) is 6.54. The van der Waals surface area contributed by atoms with Gasteiger partial charge in [-0.2, -0.15) is 0 Å². The normalized spacial score (nSPS) is 13.7. The minimum absolute atomic E-state index is 0.0968. The lowest BCUT2D eigenvalue weighted by Crippen LogP contribution is -2.24. The predicted octanol–water partition coefficient (Wildman–Crippen LogP) is 4.00. The highest BCUT2D eigenvalue weighted by atomic mass is 16.5. The van der Waals surface area contributed by atoms with E-state index in [4.69, 9.17) is 9.26 Å². The number of fused-ring (bicyclic) bond motifs is 1. The highest BCUT2D eigenvalue weighted by Gasteiger charge is 2.28. The van der Waals surface area contributed by atoms with Crippen molar-refractivity contribution in [1.29, 1.82) is 0 Å². The van der Waals surface area contributed by atoms with Gasteiger partial charge in [0, 0.05) is 18.7 Å². The Kier molecular flexibility index (Phi) is 4.54. The van der Waals surface area contributed by atoms with Crippen molar-refractivity contribution in [2.45, 2.75) is 19.4 Å². The number of carbonyl (C=O) groups is 1. The number of aromatic carboxylic acids is 1. The van der Waals surface area contributed by atoms with E-state index in [-0.39, 0.29) is 11.3 Å². The van der Waals surface area contributed by atoms with Gasteiger partial charge in [-0.05, 0) is 48.2 Å². The number of carboxylic acid groups (broad SMARTS) is 1. The number of anilines is 1. The minimum Gasteiger partial charge on any atom is -0.497 e. The molecule has 0 bridgehead atoms. The molecule has 0 saturated carbocycles. The fourth-order valence-corrected chi connectivity index (χ4v) is 3.51. The van der Waals surface area contributed by atoms with Gasteiger partial charge in [-0.3, -0.25) is 0 Å². The number of hydrogen-bond donors (Lipinski definition) is 1. The quantitative estimate of drug-likeness (QED) is 0.754. The van der Waals surface area contributed by atoms with Gasteiger partial charge in [0.2, 0.25) is 0 Å². The number of hydrogen-bond acceptors (Lipinski definition) is 5. The van der Waals surface area contributed by atoms with E-state index < -0.39 is 5.97 Å². The first kappa shape index (κ1) is 17.1. The molecule has 6 heteroatoms. The molecule has 0 spiro atoms. The number of benzene rings is 2. The van der Waals surface area contributed by atoms with E-state index in [2.05, 4.69) is 17.3 Å². The molecule has 6 nitrogen and oxygen atoms in total. The van der Waals surface area contributed by atoms with Gasteiger partial charge in [0.25, 0.3) is 0 Å². The van der Waals surface area contributed by atoms with Crippen LogP contribution in [0.25, 0.3) is 11.3 Å². The largest absolute Gasteiger partial charge is 0.497 e. The van der Waals surface area contributed by atoms with Crippen LogP contribution in [-0.4, -0.2) is 29.9 Å². The van der Waals surface area contributed by atoms with Crippen molar-refractivity contribution < 1.29 is 19.2 Å². The van der Waals surface area contributed by atoms with Crippen LogP contribution in [0.3, 0.4) is 0 Å². The molecule has 2 aromatic carbocycles. The van der Waals surface area contributed by atoms with Gasteiger partial charge < -0.3 is 19.3 Å². The number of carboxylic acids is 1. The topological polar surface area (TPSA) is 75.8 Å². The van der Waals surface area contributed by atoms with E-state index in [0.29, 0.717) is 23.7 Å². The van der Waals surface area contributed by atoms with Crippen LogP contribution in [0.15, 0.2) is 53.1 Å². The van der Waals surface area contributed by atoms with Gasteiger partial charge >= 0.3 is 5.97 Å². The third kappa shape index (κ3) is 3.26. The average Bonchev–Trinajstić information content (AvgIpc) is 3.02. The Morgan fingerprint density at radius 3 is 2.59 bits per heavy atom. The molecule has 4 rings (SSSR count). The number of aryl methyl sites for hydroxylation is 1. The molecule has 1 aromatic heterocycles. The summed E-state index contributed by atoms with van der Waals surface area (Å²) < 4.78 is 10.6. The molecule has 138 valence electrons. The maximum Gasteiger partial charge on any atom is 0.343 e. The molecule has 0 atom stereocenters. The molecular formula is C21H20N2O4. The van der Waals surface area contributed by atoms with Crippen molar-refractivity contribution >= 4 is 11.8 Å².